The van der Waals surface area contributed by atoms with Crippen molar-refractivity contribution >= 4 is 11.9 Å². The van der Waals surface area contributed by atoms with E-state index in [9.17, 15) is 14.3 Å². The molecule has 7 nitrogen and oxygen atoms in total. The Kier molecular flexibility index (Phi) is 7.30. The third-order valence-electron chi connectivity index (χ3n) is 3.95. The number of hydrogen-bond acceptors (Lipinski definition) is 4. The molecule has 0 aromatic heterocycles. The summed E-state index contributed by atoms with van der Waals surface area (Å²) in [5, 5.41) is 15.5. The molecule has 7 N–H and O–H groups in total. The number of nitrogens with two attached hydrogens (primary N) is 2. The fourth-order valence-corrected chi connectivity index (χ4v) is 2.58. The summed E-state index contributed by atoms with van der Waals surface area (Å²) < 4.78 is 13.1. The quantitative estimate of drug-likeness (QED) is 0.298. The SMILES string of the molecule is CC(C)(C)N/C(=N/C(=O)c1ccc(O)cc1)NC(N)CC(N)c1ccc(F)cc1. The molecular weight excluding hydrogens is 373 g/mol. The zero-order chi connectivity index (χ0) is 21.6. The van der Waals surface area contributed by atoms with Crippen LogP contribution in [0.1, 0.15) is 49.2 Å². The smallest absolute Gasteiger partial charge is 0.280 e. The van der Waals surface area contributed by atoms with Crippen LogP contribution in [0.15, 0.2) is 53.5 Å². The average molecular weight is 401 g/mol. The van der Waals surface area contributed by atoms with Gasteiger partial charge in [-0.1, -0.05) is 12.1 Å². The molecule has 156 valence electrons. The van der Waals surface area contributed by atoms with Gasteiger partial charge in [-0.2, -0.15) is 4.99 Å². The van der Waals surface area contributed by atoms with Gasteiger partial charge in [-0.25, -0.2) is 4.39 Å². The monoisotopic (exact) mass is 401 g/mol. The Balaban J connectivity index is 2.11. The molecule has 2 rings (SSSR count). The van der Waals surface area contributed by atoms with Crippen molar-refractivity contribution in [3.8, 4) is 5.75 Å². The Bertz CT molecular complexity index is 845. The van der Waals surface area contributed by atoms with Crippen molar-refractivity contribution < 1.29 is 14.3 Å². The number of guanidine groups is 1. The van der Waals surface area contributed by atoms with Gasteiger partial charge >= 0.3 is 0 Å². The van der Waals surface area contributed by atoms with Crippen molar-refractivity contribution in [1.29, 1.82) is 0 Å². The maximum absolute atomic E-state index is 13.1. The zero-order valence-electron chi connectivity index (χ0n) is 16.8. The first-order valence-electron chi connectivity index (χ1n) is 9.27. The summed E-state index contributed by atoms with van der Waals surface area (Å²) >= 11 is 0. The molecule has 0 saturated carbocycles. The van der Waals surface area contributed by atoms with E-state index >= 15 is 0 Å². The molecule has 2 atom stereocenters. The van der Waals surface area contributed by atoms with Gasteiger partial charge in [0.15, 0.2) is 0 Å². The number of aromatic hydroxyl groups is 1. The van der Waals surface area contributed by atoms with Gasteiger partial charge in [-0.05, 0) is 69.2 Å². The molecule has 0 aliphatic rings. The van der Waals surface area contributed by atoms with E-state index in [2.05, 4.69) is 15.6 Å². The van der Waals surface area contributed by atoms with Gasteiger partial charge in [-0.15, -0.1) is 0 Å². The van der Waals surface area contributed by atoms with Crippen LogP contribution < -0.4 is 22.1 Å². The van der Waals surface area contributed by atoms with E-state index in [1.165, 1.54) is 36.4 Å². The van der Waals surface area contributed by atoms with Gasteiger partial charge in [0.2, 0.25) is 5.96 Å². The minimum atomic E-state index is -0.601. The second-order valence-corrected chi connectivity index (χ2v) is 7.83. The Morgan fingerprint density at radius 2 is 1.69 bits per heavy atom. The molecular formula is C21H28FN5O2. The van der Waals surface area contributed by atoms with E-state index in [1.807, 2.05) is 20.8 Å². The largest absolute Gasteiger partial charge is 0.508 e. The Labute approximate surface area is 170 Å². The lowest BCUT2D eigenvalue weighted by Gasteiger charge is -2.27. The Morgan fingerprint density at radius 3 is 2.24 bits per heavy atom. The number of aliphatic imine (C=N–C) groups is 1. The Morgan fingerprint density at radius 1 is 1.10 bits per heavy atom. The van der Waals surface area contributed by atoms with Gasteiger partial charge in [0.1, 0.15) is 11.6 Å². The predicted octanol–water partition coefficient (Wildman–Crippen LogP) is 2.38. The third kappa shape index (κ3) is 7.52. The van der Waals surface area contributed by atoms with Crippen LogP contribution >= 0.6 is 0 Å². The average Bonchev–Trinajstić information content (AvgIpc) is 2.61. The van der Waals surface area contributed by atoms with E-state index < -0.39 is 18.1 Å². The van der Waals surface area contributed by atoms with Gasteiger partial charge in [0, 0.05) is 17.1 Å². The lowest BCUT2D eigenvalue weighted by molar-refractivity contribution is 0.100. The van der Waals surface area contributed by atoms with Crippen LogP contribution in [0.3, 0.4) is 0 Å². The molecule has 0 bridgehead atoms. The summed E-state index contributed by atoms with van der Waals surface area (Å²) in [6.45, 7) is 5.76. The van der Waals surface area contributed by atoms with Crippen LogP contribution in [0, 0.1) is 5.82 Å². The molecule has 2 aromatic rings. The van der Waals surface area contributed by atoms with Gasteiger partial charge in [0.05, 0.1) is 6.17 Å². The second kappa shape index (κ2) is 9.49. The summed E-state index contributed by atoms with van der Waals surface area (Å²) in [5.41, 5.74) is 13.0. The van der Waals surface area contributed by atoms with Crippen molar-refractivity contribution in [2.24, 2.45) is 16.5 Å². The molecule has 29 heavy (non-hydrogen) atoms. The number of hydrogen-bond donors (Lipinski definition) is 5. The maximum Gasteiger partial charge on any atom is 0.280 e. The third-order valence-corrected chi connectivity index (χ3v) is 3.95. The first-order chi connectivity index (χ1) is 13.5. The first-order valence-corrected chi connectivity index (χ1v) is 9.27. The predicted molar refractivity (Wildman–Crippen MR) is 112 cm³/mol. The van der Waals surface area contributed by atoms with Crippen molar-refractivity contribution in [3.63, 3.8) is 0 Å². The van der Waals surface area contributed by atoms with Gasteiger partial charge in [0.25, 0.3) is 5.91 Å². The topological polar surface area (TPSA) is 126 Å². The summed E-state index contributed by atoms with van der Waals surface area (Å²) in [7, 11) is 0. The molecule has 8 heteroatoms. The summed E-state index contributed by atoms with van der Waals surface area (Å²) in [6.07, 6.45) is -0.263. The molecule has 0 aliphatic heterocycles. The van der Waals surface area contributed by atoms with Crippen molar-refractivity contribution in [2.45, 2.75) is 44.9 Å². The molecule has 2 unspecified atom stereocenters. The number of phenolic OH excluding ortho intramolecular Hbond substituents is 1. The van der Waals surface area contributed by atoms with Gasteiger partial charge in [-0.3, -0.25) is 4.79 Å². The molecule has 0 saturated heterocycles. The fourth-order valence-electron chi connectivity index (χ4n) is 2.58. The minimum absolute atomic E-state index is 0.0634. The highest BCUT2D eigenvalue weighted by Gasteiger charge is 2.18. The van der Waals surface area contributed by atoms with Crippen LogP contribution in [-0.4, -0.2) is 28.7 Å². The zero-order valence-corrected chi connectivity index (χ0v) is 16.8. The summed E-state index contributed by atoms with van der Waals surface area (Å²) in [6, 6.07) is 11.3. The number of amides is 1. The van der Waals surface area contributed by atoms with Crippen LogP contribution in [0.4, 0.5) is 4.39 Å². The highest BCUT2D eigenvalue weighted by Crippen LogP contribution is 2.15. The first kappa shape index (κ1) is 22.3. The van der Waals surface area contributed by atoms with Crippen molar-refractivity contribution in [1.82, 2.24) is 10.6 Å². The van der Waals surface area contributed by atoms with Crippen molar-refractivity contribution in [2.75, 3.05) is 0 Å². The van der Waals surface area contributed by atoms with E-state index in [-0.39, 0.29) is 23.1 Å². The lowest BCUT2D eigenvalue weighted by atomic mass is 10.0. The number of carbonyl (C=O) groups excluding carboxylic acids is 1. The van der Waals surface area contributed by atoms with Gasteiger partial charge < -0.3 is 27.2 Å². The number of nitrogens with zero attached hydrogens (tertiary/aromatic N) is 1. The lowest BCUT2D eigenvalue weighted by Crippen LogP contribution is -2.54. The number of carbonyl (C=O) groups is 1. The number of nitrogens with one attached hydrogen (secondary N) is 2. The minimum Gasteiger partial charge on any atom is -0.508 e. The number of benzene rings is 2. The molecule has 0 aliphatic carbocycles. The molecule has 0 heterocycles. The molecule has 0 fully saturated rings. The van der Waals surface area contributed by atoms with Crippen molar-refractivity contribution in [3.05, 3.63) is 65.5 Å². The molecule has 1 amide bonds. The highest BCUT2D eigenvalue weighted by molar-refractivity contribution is 6.02. The normalized spacial score (nSPS) is 14.2. The molecule has 0 radical (unpaired) electrons. The maximum atomic E-state index is 13.1. The van der Waals surface area contributed by atoms with Crippen LogP contribution in [0.5, 0.6) is 5.75 Å². The molecule has 0 spiro atoms. The number of phenols is 1. The van der Waals surface area contributed by atoms with Crippen LogP contribution in [-0.2, 0) is 0 Å². The molecule has 2 aromatic carbocycles. The van der Waals surface area contributed by atoms with E-state index in [0.29, 0.717) is 12.0 Å². The standard InChI is InChI=1S/C21H28FN5O2/c1-21(2,3)27-20(26-19(29)14-6-10-16(28)11-7-14)25-18(24)12-17(23)13-4-8-15(22)9-5-13/h4-11,17-18,28H,12,23-24H2,1-3H3,(H2,25,26,27,29). The highest BCUT2D eigenvalue weighted by atomic mass is 19.1. The van der Waals surface area contributed by atoms with Crippen LogP contribution in [0.25, 0.3) is 0 Å². The number of rotatable bonds is 5. The number of halogens is 1. The van der Waals surface area contributed by atoms with E-state index in [4.69, 9.17) is 11.5 Å². The van der Waals surface area contributed by atoms with Crippen LogP contribution in [0.2, 0.25) is 0 Å². The second-order valence-electron chi connectivity index (χ2n) is 7.83. The Hall–Kier alpha value is -2.97. The fraction of sp³-hybridized carbons (Fsp3) is 0.333. The van der Waals surface area contributed by atoms with E-state index in [1.54, 1.807) is 12.1 Å². The summed E-state index contributed by atoms with van der Waals surface area (Å²) in [5.74, 6) is -0.540. The summed E-state index contributed by atoms with van der Waals surface area (Å²) in [4.78, 5) is 16.6. The van der Waals surface area contributed by atoms with E-state index in [0.717, 1.165) is 5.56 Å².